The molecular formula is C16H26O3Si. The van der Waals surface area contributed by atoms with E-state index in [2.05, 4.69) is 37.7 Å². The van der Waals surface area contributed by atoms with Crippen molar-refractivity contribution in [3.63, 3.8) is 0 Å². The predicted octanol–water partition coefficient (Wildman–Crippen LogP) is 2.84. The van der Waals surface area contributed by atoms with Crippen molar-refractivity contribution in [2.24, 2.45) is 5.92 Å². The van der Waals surface area contributed by atoms with E-state index in [1.165, 1.54) is 11.6 Å². The summed E-state index contributed by atoms with van der Waals surface area (Å²) in [5.41, 5.74) is 0. The third kappa shape index (κ3) is 4.41. The first-order valence-electron chi connectivity index (χ1n) is 7.66. The Morgan fingerprint density at radius 1 is 1.15 bits per heavy atom. The van der Waals surface area contributed by atoms with Gasteiger partial charge in [-0.25, -0.2) is 0 Å². The van der Waals surface area contributed by atoms with E-state index < -0.39 is 8.56 Å². The number of ether oxygens (including phenoxy) is 1. The Hall–Kier alpha value is -0.683. The lowest BCUT2D eigenvalue weighted by Crippen LogP contribution is -2.51. The molecule has 0 spiro atoms. The minimum Gasteiger partial charge on any atom is -0.391 e. The third-order valence-electron chi connectivity index (χ3n) is 3.72. The molecular weight excluding hydrogens is 268 g/mol. The van der Waals surface area contributed by atoms with E-state index in [0.717, 1.165) is 45.2 Å². The van der Waals surface area contributed by atoms with Gasteiger partial charge >= 0.3 is 8.56 Å². The molecule has 1 aromatic rings. The molecule has 0 saturated carbocycles. The first kappa shape index (κ1) is 15.7. The van der Waals surface area contributed by atoms with Crippen LogP contribution in [0.5, 0.6) is 0 Å². The number of hydrogen-bond acceptors (Lipinski definition) is 3. The fourth-order valence-electron chi connectivity index (χ4n) is 2.34. The van der Waals surface area contributed by atoms with Crippen LogP contribution in [0, 0.1) is 5.92 Å². The van der Waals surface area contributed by atoms with E-state index in [-0.39, 0.29) is 0 Å². The van der Waals surface area contributed by atoms with Crippen LogP contribution in [-0.4, -0.2) is 35.0 Å². The Labute approximate surface area is 123 Å². The predicted molar refractivity (Wildman–Crippen MR) is 83.4 cm³/mol. The molecule has 1 aliphatic heterocycles. The highest BCUT2D eigenvalue weighted by molar-refractivity contribution is 6.79. The molecule has 1 heterocycles. The second kappa shape index (κ2) is 7.93. The Balaban J connectivity index is 1.85. The topological polar surface area (TPSA) is 27.7 Å². The van der Waals surface area contributed by atoms with Crippen LogP contribution in [0.15, 0.2) is 30.3 Å². The average Bonchev–Trinajstić information content (AvgIpc) is 2.44. The number of hydrogen-bond donors (Lipinski definition) is 0. The normalized spacial score (nSPS) is 18.5. The quantitative estimate of drug-likeness (QED) is 0.518. The highest BCUT2D eigenvalue weighted by Crippen LogP contribution is 2.17. The Morgan fingerprint density at radius 2 is 1.85 bits per heavy atom. The maximum Gasteiger partial charge on any atom is 0.369 e. The zero-order valence-corrected chi connectivity index (χ0v) is 13.6. The van der Waals surface area contributed by atoms with E-state index in [1.807, 2.05) is 6.07 Å². The highest BCUT2D eigenvalue weighted by Gasteiger charge is 2.34. The second-order valence-electron chi connectivity index (χ2n) is 5.55. The van der Waals surface area contributed by atoms with Crippen molar-refractivity contribution in [2.75, 3.05) is 26.4 Å². The fraction of sp³-hybridized carbons (Fsp3) is 0.625. The van der Waals surface area contributed by atoms with Crippen LogP contribution < -0.4 is 5.19 Å². The van der Waals surface area contributed by atoms with Crippen LogP contribution in [0.1, 0.15) is 26.2 Å². The van der Waals surface area contributed by atoms with Gasteiger partial charge < -0.3 is 13.6 Å². The molecule has 4 heteroatoms. The monoisotopic (exact) mass is 294 g/mol. The summed E-state index contributed by atoms with van der Waals surface area (Å²) in [5, 5.41) is 1.22. The molecule has 1 fully saturated rings. The van der Waals surface area contributed by atoms with Gasteiger partial charge in [-0.1, -0.05) is 37.3 Å². The van der Waals surface area contributed by atoms with Gasteiger partial charge in [-0.15, -0.1) is 0 Å². The molecule has 2 rings (SSSR count). The summed E-state index contributed by atoms with van der Waals surface area (Å²) in [4.78, 5) is 0. The smallest absolute Gasteiger partial charge is 0.369 e. The lowest BCUT2D eigenvalue weighted by Gasteiger charge is -2.29. The van der Waals surface area contributed by atoms with E-state index in [1.54, 1.807) is 0 Å². The molecule has 3 nitrogen and oxygen atoms in total. The Kier molecular flexibility index (Phi) is 6.23. The summed E-state index contributed by atoms with van der Waals surface area (Å²) in [5.74, 6) is 0.750. The fourth-order valence-corrected chi connectivity index (χ4v) is 4.68. The Morgan fingerprint density at radius 3 is 2.45 bits per heavy atom. The van der Waals surface area contributed by atoms with Gasteiger partial charge in [-0.05, 0) is 31.0 Å². The van der Waals surface area contributed by atoms with E-state index in [0.29, 0.717) is 0 Å². The number of rotatable bonds is 9. The molecule has 0 amide bonds. The van der Waals surface area contributed by atoms with Crippen LogP contribution in [0.3, 0.4) is 0 Å². The Bertz CT molecular complexity index is 381. The SMILES string of the molecule is CCCO[Si](C)(OCCCC1COC1)c1ccccc1. The lowest BCUT2D eigenvalue weighted by molar-refractivity contribution is -0.0376. The molecule has 1 saturated heterocycles. The standard InChI is InChI=1S/C16H26O3Si/c1-3-11-18-20(2,16-9-5-4-6-10-16)19-12-7-8-15-13-17-14-15/h4-6,9-10,15H,3,7-8,11-14H2,1-2H3. The van der Waals surface area contributed by atoms with Gasteiger partial charge in [-0.3, -0.25) is 0 Å². The highest BCUT2D eigenvalue weighted by atomic mass is 28.4. The molecule has 1 aromatic carbocycles. The molecule has 0 aromatic heterocycles. The molecule has 1 unspecified atom stereocenters. The molecule has 0 bridgehead atoms. The van der Waals surface area contributed by atoms with Crippen molar-refractivity contribution >= 4 is 13.7 Å². The zero-order valence-electron chi connectivity index (χ0n) is 12.6. The minimum absolute atomic E-state index is 0.750. The van der Waals surface area contributed by atoms with Gasteiger partial charge in [-0.2, -0.15) is 0 Å². The molecule has 20 heavy (non-hydrogen) atoms. The molecule has 1 aliphatic rings. The average molecular weight is 294 g/mol. The van der Waals surface area contributed by atoms with Crippen molar-refractivity contribution in [2.45, 2.75) is 32.7 Å². The van der Waals surface area contributed by atoms with Crippen LogP contribution in [0.4, 0.5) is 0 Å². The maximum atomic E-state index is 6.21. The van der Waals surface area contributed by atoms with E-state index >= 15 is 0 Å². The molecule has 1 atom stereocenters. The second-order valence-corrected chi connectivity index (χ2v) is 8.60. The first-order valence-corrected chi connectivity index (χ1v) is 9.97. The van der Waals surface area contributed by atoms with Crippen molar-refractivity contribution in [3.05, 3.63) is 30.3 Å². The molecule has 112 valence electrons. The summed E-state index contributed by atoms with van der Waals surface area (Å²) in [6.07, 6.45) is 3.32. The minimum atomic E-state index is -2.24. The van der Waals surface area contributed by atoms with Gasteiger partial charge in [0.2, 0.25) is 0 Å². The van der Waals surface area contributed by atoms with Gasteiger partial charge in [0, 0.05) is 19.1 Å². The van der Waals surface area contributed by atoms with Crippen molar-refractivity contribution in [1.29, 1.82) is 0 Å². The van der Waals surface area contributed by atoms with Gasteiger partial charge in [0.25, 0.3) is 0 Å². The zero-order chi connectivity index (χ0) is 14.3. The number of benzene rings is 1. The van der Waals surface area contributed by atoms with Crippen LogP contribution in [0.25, 0.3) is 0 Å². The van der Waals surface area contributed by atoms with Crippen LogP contribution in [-0.2, 0) is 13.6 Å². The van der Waals surface area contributed by atoms with Gasteiger partial charge in [0.15, 0.2) is 0 Å². The molecule has 0 radical (unpaired) electrons. The third-order valence-corrected chi connectivity index (χ3v) is 6.61. The summed E-state index contributed by atoms with van der Waals surface area (Å²) in [6, 6.07) is 10.4. The van der Waals surface area contributed by atoms with Crippen LogP contribution in [0.2, 0.25) is 6.55 Å². The molecule has 0 aliphatic carbocycles. The van der Waals surface area contributed by atoms with Gasteiger partial charge in [0.05, 0.1) is 13.2 Å². The summed E-state index contributed by atoms with van der Waals surface area (Å²) < 4.78 is 17.5. The molecule has 0 N–H and O–H groups in total. The maximum absolute atomic E-state index is 6.21. The largest absolute Gasteiger partial charge is 0.391 e. The van der Waals surface area contributed by atoms with Crippen LogP contribution >= 0.6 is 0 Å². The summed E-state index contributed by atoms with van der Waals surface area (Å²) in [6.45, 7) is 7.71. The van der Waals surface area contributed by atoms with Crippen molar-refractivity contribution < 1.29 is 13.6 Å². The van der Waals surface area contributed by atoms with E-state index in [4.69, 9.17) is 13.6 Å². The van der Waals surface area contributed by atoms with Gasteiger partial charge in [0.1, 0.15) is 0 Å². The lowest BCUT2D eigenvalue weighted by atomic mass is 10.0. The summed E-state index contributed by atoms with van der Waals surface area (Å²) >= 11 is 0. The van der Waals surface area contributed by atoms with Crippen molar-refractivity contribution in [1.82, 2.24) is 0 Å². The van der Waals surface area contributed by atoms with Crippen molar-refractivity contribution in [3.8, 4) is 0 Å². The first-order chi connectivity index (χ1) is 9.74. The summed E-state index contributed by atoms with van der Waals surface area (Å²) in [7, 11) is -2.24. The van der Waals surface area contributed by atoms with E-state index in [9.17, 15) is 0 Å².